The highest BCUT2D eigenvalue weighted by Crippen LogP contribution is 2.53. The van der Waals surface area contributed by atoms with Gasteiger partial charge in [-0.05, 0) is 61.2 Å². The molecule has 0 radical (unpaired) electrons. The molecule has 0 amide bonds. The first-order valence-corrected chi connectivity index (χ1v) is 8.71. The molecule has 2 rings (SSSR count). The molecule has 0 heterocycles. The zero-order chi connectivity index (χ0) is 13.1. The minimum absolute atomic E-state index is 0.963. The number of rotatable bonds is 8. The topological polar surface area (TPSA) is 0 Å². The van der Waals surface area contributed by atoms with Gasteiger partial charge in [0.1, 0.15) is 0 Å². The lowest BCUT2D eigenvalue weighted by atomic mass is 9.59. The fraction of sp³-hybridized carbons (Fsp3) is 1.00. The van der Waals surface area contributed by atoms with E-state index in [9.17, 15) is 0 Å². The van der Waals surface area contributed by atoms with Gasteiger partial charge in [0.05, 0.1) is 0 Å². The summed E-state index contributed by atoms with van der Waals surface area (Å²) in [7, 11) is 0. The predicted molar refractivity (Wildman–Crippen MR) is 80.6 cm³/mol. The third kappa shape index (κ3) is 3.11. The van der Waals surface area contributed by atoms with Crippen molar-refractivity contribution in [3.05, 3.63) is 0 Å². The lowest BCUT2D eigenvalue weighted by molar-refractivity contribution is 0.0333. The van der Waals surface area contributed by atoms with Crippen LogP contribution in [0.4, 0.5) is 0 Å². The van der Waals surface area contributed by atoms with Crippen LogP contribution in [0.3, 0.4) is 0 Å². The van der Waals surface area contributed by atoms with Crippen LogP contribution in [0.2, 0.25) is 0 Å². The van der Waals surface area contributed by atoms with Crippen molar-refractivity contribution in [1.29, 1.82) is 0 Å². The summed E-state index contributed by atoms with van der Waals surface area (Å²) < 4.78 is 0. The second kappa shape index (κ2) is 6.44. The normalized spacial score (nSPS) is 32.7. The molecular formula is C18H34. The first-order valence-electron chi connectivity index (χ1n) is 8.71. The lowest BCUT2D eigenvalue weighted by Crippen LogP contribution is -2.38. The van der Waals surface area contributed by atoms with E-state index in [0.29, 0.717) is 0 Å². The lowest BCUT2D eigenvalue weighted by Gasteiger charge is -2.46. The van der Waals surface area contributed by atoms with Crippen molar-refractivity contribution in [3.8, 4) is 0 Å². The highest BCUT2D eigenvalue weighted by Gasteiger charge is 2.44. The van der Waals surface area contributed by atoms with Crippen molar-refractivity contribution < 1.29 is 0 Å². The van der Waals surface area contributed by atoms with Gasteiger partial charge in [0.25, 0.3) is 0 Å². The Balaban J connectivity index is 1.99. The SMILES string of the molecule is CCCC(C1CC1)C(C(C)CC)C1CC(CC)C1. The Morgan fingerprint density at radius 2 is 1.67 bits per heavy atom. The van der Waals surface area contributed by atoms with E-state index >= 15 is 0 Å². The van der Waals surface area contributed by atoms with Gasteiger partial charge in [0.15, 0.2) is 0 Å². The molecule has 106 valence electrons. The first kappa shape index (κ1) is 14.4. The molecule has 2 aliphatic carbocycles. The van der Waals surface area contributed by atoms with Gasteiger partial charge < -0.3 is 0 Å². The van der Waals surface area contributed by atoms with Crippen LogP contribution in [0.1, 0.15) is 79.1 Å². The van der Waals surface area contributed by atoms with E-state index in [1.807, 2.05) is 0 Å². The molecule has 2 fully saturated rings. The molecule has 0 aromatic carbocycles. The molecule has 0 aromatic rings. The molecule has 3 atom stereocenters. The van der Waals surface area contributed by atoms with Gasteiger partial charge in [-0.3, -0.25) is 0 Å². The van der Waals surface area contributed by atoms with Gasteiger partial charge in [-0.2, -0.15) is 0 Å². The van der Waals surface area contributed by atoms with Crippen LogP contribution in [-0.2, 0) is 0 Å². The summed E-state index contributed by atoms with van der Waals surface area (Å²) in [6.07, 6.45) is 11.9. The predicted octanol–water partition coefficient (Wildman–Crippen LogP) is 5.91. The fourth-order valence-electron chi connectivity index (χ4n) is 4.54. The van der Waals surface area contributed by atoms with Crippen molar-refractivity contribution in [3.63, 3.8) is 0 Å². The molecule has 18 heavy (non-hydrogen) atoms. The first-order chi connectivity index (χ1) is 8.71. The summed E-state index contributed by atoms with van der Waals surface area (Å²) in [5.74, 6) is 6.37. The Morgan fingerprint density at radius 3 is 2.11 bits per heavy atom. The fourth-order valence-corrected chi connectivity index (χ4v) is 4.54. The smallest absolute Gasteiger partial charge is 0.0329 e. The van der Waals surface area contributed by atoms with Crippen LogP contribution < -0.4 is 0 Å². The van der Waals surface area contributed by atoms with Crippen LogP contribution in [0.5, 0.6) is 0 Å². The van der Waals surface area contributed by atoms with Crippen LogP contribution in [-0.4, -0.2) is 0 Å². The Labute approximate surface area is 115 Å². The van der Waals surface area contributed by atoms with E-state index in [0.717, 1.165) is 35.5 Å². The molecule has 0 aromatic heterocycles. The third-order valence-electron chi connectivity index (χ3n) is 6.04. The Bertz CT molecular complexity index is 234. The van der Waals surface area contributed by atoms with Crippen LogP contribution in [0.15, 0.2) is 0 Å². The number of hydrogen-bond donors (Lipinski definition) is 0. The zero-order valence-corrected chi connectivity index (χ0v) is 13.1. The molecule has 2 saturated carbocycles. The van der Waals surface area contributed by atoms with Crippen molar-refractivity contribution in [2.45, 2.75) is 79.1 Å². The van der Waals surface area contributed by atoms with Gasteiger partial charge in [-0.25, -0.2) is 0 Å². The van der Waals surface area contributed by atoms with Gasteiger partial charge >= 0.3 is 0 Å². The Kier molecular flexibility index (Phi) is 5.15. The average molecular weight is 250 g/mol. The minimum atomic E-state index is 0.963. The van der Waals surface area contributed by atoms with Crippen molar-refractivity contribution >= 4 is 0 Å². The standard InChI is InChI=1S/C18H34/c1-5-8-17(15-9-10-15)18(13(4)6-2)16-11-14(7-3)12-16/h13-18H,5-12H2,1-4H3. The highest BCUT2D eigenvalue weighted by atomic mass is 14.5. The molecule has 0 N–H and O–H groups in total. The van der Waals surface area contributed by atoms with E-state index < -0.39 is 0 Å². The van der Waals surface area contributed by atoms with Gasteiger partial charge in [-0.1, -0.05) is 53.4 Å². The molecule has 2 aliphatic rings. The Morgan fingerprint density at radius 1 is 1.00 bits per heavy atom. The average Bonchev–Trinajstić information content (AvgIpc) is 3.14. The molecule has 0 heteroatoms. The highest BCUT2D eigenvalue weighted by molar-refractivity contribution is 4.94. The summed E-state index contributed by atoms with van der Waals surface area (Å²) in [6, 6.07) is 0. The quantitative estimate of drug-likeness (QED) is 0.502. The van der Waals surface area contributed by atoms with Crippen LogP contribution in [0, 0.1) is 35.5 Å². The van der Waals surface area contributed by atoms with E-state index in [1.54, 1.807) is 25.7 Å². The van der Waals surface area contributed by atoms with Gasteiger partial charge in [0.2, 0.25) is 0 Å². The van der Waals surface area contributed by atoms with E-state index in [2.05, 4.69) is 27.7 Å². The molecule has 3 unspecified atom stereocenters. The maximum Gasteiger partial charge on any atom is -0.0329 e. The van der Waals surface area contributed by atoms with Crippen molar-refractivity contribution in [2.24, 2.45) is 35.5 Å². The molecule has 0 aliphatic heterocycles. The largest absolute Gasteiger partial charge is 0.0654 e. The van der Waals surface area contributed by atoms with Crippen LogP contribution in [0.25, 0.3) is 0 Å². The summed E-state index contributed by atoms with van der Waals surface area (Å²) in [5.41, 5.74) is 0. The number of hydrogen-bond acceptors (Lipinski definition) is 0. The van der Waals surface area contributed by atoms with E-state index in [4.69, 9.17) is 0 Å². The second-order valence-corrected chi connectivity index (χ2v) is 7.26. The molecule has 0 spiro atoms. The maximum absolute atomic E-state index is 2.54. The minimum Gasteiger partial charge on any atom is -0.0654 e. The molecular weight excluding hydrogens is 216 g/mol. The Hall–Kier alpha value is 0. The third-order valence-corrected chi connectivity index (χ3v) is 6.04. The van der Waals surface area contributed by atoms with Gasteiger partial charge in [0, 0.05) is 0 Å². The molecule has 0 bridgehead atoms. The maximum atomic E-state index is 2.54. The van der Waals surface area contributed by atoms with Crippen molar-refractivity contribution in [2.75, 3.05) is 0 Å². The van der Waals surface area contributed by atoms with E-state index in [-0.39, 0.29) is 0 Å². The second-order valence-electron chi connectivity index (χ2n) is 7.26. The van der Waals surface area contributed by atoms with Crippen molar-refractivity contribution in [1.82, 2.24) is 0 Å². The van der Waals surface area contributed by atoms with Crippen LogP contribution >= 0.6 is 0 Å². The molecule has 0 nitrogen and oxygen atoms in total. The van der Waals surface area contributed by atoms with Gasteiger partial charge in [-0.15, -0.1) is 0 Å². The summed E-state index contributed by atoms with van der Waals surface area (Å²) in [5, 5.41) is 0. The monoisotopic (exact) mass is 250 g/mol. The summed E-state index contributed by atoms with van der Waals surface area (Å²) in [4.78, 5) is 0. The summed E-state index contributed by atoms with van der Waals surface area (Å²) in [6.45, 7) is 9.71. The zero-order valence-electron chi connectivity index (χ0n) is 13.1. The summed E-state index contributed by atoms with van der Waals surface area (Å²) >= 11 is 0. The van der Waals surface area contributed by atoms with E-state index in [1.165, 1.54) is 25.7 Å². The molecule has 0 saturated heterocycles.